The number of aldehydes is 1. The van der Waals surface area contributed by atoms with Crippen molar-refractivity contribution < 1.29 is 4.79 Å². The highest BCUT2D eigenvalue weighted by Crippen LogP contribution is 2.54. The van der Waals surface area contributed by atoms with Gasteiger partial charge in [0.05, 0.1) is 11.7 Å². The first-order chi connectivity index (χ1) is 14.5. The molecule has 0 unspecified atom stereocenters. The van der Waals surface area contributed by atoms with E-state index in [1.807, 2.05) is 0 Å². The molecular formula is C27H29NOS. The third kappa shape index (κ3) is 3.16. The van der Waals surface area contributed by atoms with E-state index < -0.39 is 0 Å². The number of nitrogens with zero attached hydrogens (tertiary/aromatic N) is 1. The monoisotopic (exact) mass is 415 g/mol. The molecule has 154 valence electrons. The van der Waals surface area contributed by atoms with Gasteiger partial charge in [-0.25, -0.2) is 0 Å². The minimum absolute atomic E-state index is 0.330. The van der Waals surface area contributed by atoms with Crippen LogP contribution in [0.4, 0.5) is 5.69 Å². The van der Waals surface area contributed by atoms with Crippen molar-refractivity contribution in [3.05, 3.63) is 76.3 Å². The highest BCUT2D eigenvalue weighted by atomic mass is 32.2. The molecule has 3 aromatic carbocycles. The van der Waals surface area contributed by atoms with Crippen molar-refractivity contribution in [2.45, 2.75) is 46.6 Å². The number of carbonyl (C=O) groups is 1. The average molecular weight is 416 g/mol. The van der Waals surface area contributed by atoms with E-state index in [1.165, 1.54) is 50.2 Å². The molecule has 2 nitrogen and oxygen atoms in total. The molecule has 0 N–H and O–H groups in total. The summed E-state index contributed by atoms with van der Waals surface area (Å²) in [4.78, 5) is 11.7. The molecule has 0 spiro atoms. The minimum Gasteiger partial charge on any atom is -0.308 e. The molecule has 0 radical (unpaired) electrons. The van der Waals surface area contributed by atoms with Crippen molar-refractivity contribution in [3.8, 4) is 22.3 Å². The third-order valence-corrected chi connectivity index (χ3v) is 7.23. The van der Waals surface area contributed by atoms with Crippen molar-refractivity contribution in [2.24, 2.45) is 0 Å². The van der Waals surface area contributed by atoms with Gasteiger partial charge >= 0.3 is 0 Å². The number of hydrogen-bond donors (Lipinski definition) is 0. The summed E-state index contributed by atoms with van der Waals surface area (Å²) in [5, 5.41) is 0. The van der Waals surface area contributed by atoms with Crippen LogP contribution in [0, 0.1) is 20.8 Å². The largest absolute Gasteiger partial charge is 0.308 e. The third-order valence-electron chi connectivity index (χ3n) is 6.40. The standard InChI is InChI=1S/C27H29NOS/c1-6-24-22-9-7-8-10-23(22)26-19(4)25(20-13-11-17(2)12-14-20)21(15-16-29)18(3)27(26)28(24)30-5/h7-14,16,24H,6,15H2,1-5H3/t24-/m0/s1. The number of rotatable bonds is 5. The predicted molar refractivity (Wildman–Crippen MR) is 130 cm³/mol. The molecule has 30 heavy (non-hydrogen) atoms. The second-order valence-electron chi connectivity index (χ2n) is 8.08. The Morgan fingerprint density at radius 1 is 0.967 bits per heavy atom. The summed E-state index contributed by atoms with van der Waals surface area (Å²) in [6.45, 7) is 8.78. The number of aryl methyl sites for hydroxylation is 1. The first kappa shape index (κ1) is 20.7. The molecule has 0 saturated carbocycles. The van der Waals surface area contributed by atoms with Gasteiger partial charge in [0.25, 0.3) is 0 Å². The molecule has 1 heterocycles. The Balaban J connectivity index is 2.12. The quantitative estimate of drug-likeness (QED) is 0.324. The van der Waals surface area contributed by atoms with Gasteiger partial charge in [-0.15, -0.1) is 0 Å². The fourth-order valence-corrected chi connectivity index (χ4v) is 5.93. The van der Waals surface area contributed by atoms with Crippen LogP contribution in [0.25, 0.3) is 22.3 Å². The van der Waals surface area contributed by atoms with E-state index in [-0.39, 0.29) is 0 Å². The van der Waals surface area contributed by atoms with Crippen molar-refractivity contribution in [3.63, 3.8) is 0 Å². The molecule has 0 bridgehead atoms. The van der Waals surface area contributed by atoms with Gasteiger partial charge in [0, 0.05) is 18.2 Å². The maximum Gasteiger partial charge on any atom is 0.124 e. The number of carbonyl (C=O) groups excluding carboxylic acids is 1. The van der Waals surface area contributed by atoms with Gasteiger partial charge in [-0.05, 0) is 66.1 Å². The highest BCUT2D eigenvalue weighted by molar-refractivity contribution is 8.00. The van der Waals surface area contributed by atoms with Crippen LogP contribution >= 0.6 is 11.9 Å². The lowest BCUT2D eigenvalue weighted by Gasteiger charge is -2.41. The van der Waals surface area contributed by atoms with E-state index in [4.69, 9.17) is 0 Å². The van der Waals surface area contributed by atoms with Crippen LogP contribution in [-0.2, 0) is 11.2 Å². The van der Waals surface area contributed by atoms with Crippen LogP contribution in [0.1, 0.15) is 47.2 Å². The first-order valence-corrected chi connectivity index (χ1v) is 11.8. The topological polar surface area (TPSA) is 20.3 Å². The Morgan fingerprint density at radius 2 is 1.67 bits per heavy atom. The summed E-state index contributed by atoms with van der Waals surface area (Å²) in [6, 6.07) is 17.8. The van der Waals surface area contributed by atoms with Gasteiger partial charge in [0.2, 0.25) is 0 Å². The molecule has 0 aromatic heterocycles. The molecule has 0 fully saturated rings. The zero-order valence-electron chi connectivity index (χ0n) is 18.5. The lowest BCUT2D eigenvalue weighted by molar-refractivity contribution is -0.107. The maximum atomic E-state index is 11.7. The van der Waals surface area contributed by atoms with Crippen molar-refractivity contribution >= 4 is 23.9 Å². The summed E-state index contributed by atoms with van der Waals surface area (Å²) in [6.07, 6.45) is 4.67. The SMILES string of the molecule is CC[C@H]1c2ccccc2-c2c(C)c(-c3ccc(C)cc3)c(CC=O)c(C)c2N1SC. The van der Waals surface area contributed by atoms with Crippen molar-refractivity contribution in [2.75, 3.05) is 10.6 Å². The van der Waals surface area contributed by atoms with Crippen LogP contribution in [0.3, 0.4) is 0 Å². The average Bonchev–Trinajstić information content (AvgIpc) is 2.76. The molecule has 3 aromatic rings. The Morgan fingerprint density at radius 3 is 2.30 bits per heavy atom. The van der Waals surface area contributed by atoms with Gasteiger partial charge in [-0.3, -0.25) is 0 Å². The molecule has 0 amide bonds. The molecule has 1 aliphatic heterocycles. The maximum absolute atomic E-state index is 11.7. The van der Waals surface area contributed by atoms with Gasteiger partial charge < -0.3 is 9.10 Å². The minimum atomic E-state index is 0.330. The lowest BCUT2D eigenvalue weighted by atomic mass is 9.79. The fourth-order valence-electron chi connectivity index (χ4n) is 5.00. The first-order valence-electron chi connectivity index (χ1n) is 10.6. The molecule has 3 heteroatoms. The van der Waals surface area contributed by atoms with Crippen LogP contribution < -0.4 is 4.31 Å². The second-order valence-corrected chi connectivity index (χ2v) is 8.84. The lowest BCUT2D eigenvalue weighted by Crippen LogP contribution is -2.27. The molecular weight excluding hydrogens is 386 g/mol. The van der Waals surface area contributed by atoms with Crippen LogP contribution in [-0.4, -0.2) is 12.5 Å². The molecule has 0 saturated heterocycles. The smallest absolute Gasteiger partial charge is 0.124 e. The van der Waals surface area contributed by atoms with E-state index in [1.54, 1.807) is 11.9 Å². The number of anilines is 1. The Bertz CT molecular complexity index is 1100. The summed E-state index contributed by atoms with van der Waals surface area (Å²) in [5.41, 5.74) is 12.6. The second kappa shape index (κ2) is 8.31. The number of fused-ring (bicyclic) bond motifs is 3. The number of benzene rings is 3. The Kier molecular flexibility index (Phi) is 5.75. The van der Waals surface area contributed by atoms with Gasteiger partial charge in [0.1, 0.15) is 6.29 Å². The Labute approximate surface area is 184 Å². The van der Waals surface area contributed by atoms with Crippen LogP contribution in [0.15, 0.2) is 48.5 Å². The summed E-state index contributed by atoms with van der Waals surface area (Å²) >= 11 is 1.78. The molecule has 1 aliphatic rings. The Hall–Kier alpha value is -2.52. The summed E-state index contributed by atoms with van der Waals surface area (Å²) in [7, 11) is 0. The van der Waals surface area contributed by atoms with Crippen LogP contribution in [0.2, 0.25) is 0 Å². The van der Waals surface area contributed by atoms with Crippen molar-refractivity contribution in [1.29, 1.82) is 0 Å². The number of hydrogen-bond acceptors (Lipinski definition) is 3. The van der Waals surface area contributed by atoms with Gasteiger partial charge in [-0.2, -0.15) is 0 Å². The predicted octanol–water partition coefficient (Wildman–Crippen LogP) is 7.24. The van der Waals surface area contributed by atoms with Crippen LogP contribution in [0.5, 0.6) is 0 Å². The van der Waals surface area contributed by atoms with Crippen molar-refractivity contribution in [1.82, 2.24) is 0 Å². The van der Waals surface area contributed by atoms with Gasteiger partial charge in [-0.1, -0.05) is 73.0 Å². The van der Waals surface area contributed by atoms with Gasteiger partial charge in [0.15, 0.2) is 0 Å². The van der Waals surface area contributed by atoms with E-state index in [0.717, 1.165) is 18.3 Å². The normalized spacial score (nSPS) is 15.0. The zero-order valence-corrected chi connectivity index (χ0v) is 19.3. The van der Waals surface area contributed by atoms with E-state index >= 15 is 0 Å². The van der Waals surface area contributed by atoms with E-state index in [2.05, 4.69) is 86.8 Å². The zero-order chi connectivity index (χ0) is 21.4. The summed E-state index contributed by atoms with van der Waals surface area (Å²) in [5.74, 6) is 0. The summed E-state index contributed by atoms with van der Waals surface area (Å²) < 4.78 is 2.47. The molecule has 4 rings (SSSR count). The van der Waals surface area contributed by atoms with E-state index in [9.17, 15) is 4.79 Å². The molecule has 0 aliphatic carbocycles. The van der Waals surface area contributed by atoms with E-state index in [0.29, 0.717) is 12.5 Å². The molecule has 1 atom stereocenters. The fraction of sp³-hybridized carbons (Fsp3) is 0.296. The highest BCUT2D eigenvalue weighted by Gasteiger charge is 2.34.